The fourth-order valence-electron chi connectivity index (χ4n) is 2.41. The SMILES string of the molecule is CO[C@H](C(=O)N1C(=S)OC[C@@H]1Cc1ccccc1)[C@H](C)O. The van der Waals surface area contributed by atoms with Crippen molar-refractivity contribution in [2.75, 3.05) is 13.7 Å². The van der Waals surface area contributed by atoms with Crippen LogP contribution in [0.3, 0.4) is 0 Å². The number of hydrogen-bond donors (Lipinski definition) is 1. The molecule has 1 saturated heterocycles. The Balaban J connectivity index is 2.15. The molecule has 0 radical (unpaired) electrons. The van der Waals surface area contributed by atoms with Gasteiger partial charge in [-0.15, -0.1) is 0 Å². The number of benzene rings is 1. The third-order valence-electron chi connectivity index (χ3n) is 3.45. The molecule has 1 aliphatic heterocycles. The lowest BCUT2D eigenvalue weighted by Gasteiger charge is -2.26. The molecule has 5 nitrogen and oxygen atoms in total. The van der Waals surface area contributed by atoms with Crippen molar-refractivity contribution in [2.45, 2.75) is 31.6 Å². The van der Waals surface area contributed by atoms with Crippen molar-refractivity contribution >= 4 is 23.3 Å². The second-order valence-corrected chi connectivity index (χ2v) is 5.37. The lowest BCUT2D eigenvalue weighted by Crippen LogP contribution is -2.49. The Morgan fingerprint density at radius 3 is 2.76 bits per heavy atom. The molecule has 1 amide bonds. The number of amides is 1. The number of nitrogens with zero attached hydrogens (tertiary/aromatic N) is 1. The molecule has 1 N–H and O–H groups in total. The first-order chi connectivity index (χ1) is 10.0. The van der Waals surface area contributed by atoms with E-state index in [9.17, 15) is 9.90 Å². The fraction of sp³-hybridized carbons (Fsp3) is 0.467. The second-order valence-electron chi connectivity index (χ2n) is 5.03. The van der Waals surface area contributed by atoms with Crippen LogP contribution in [0.5, 0.6) is 0 Å². The summed E-state index contributed by atoms with van der Waals surface area (Å²) in [5.74, 6) is -0.365. The average Bonchev–Trinajstić information content (AvgIpc) is 2.81. The maximum atomic E-state index is 12.5. The Bertz CT molecular complexity index is 506. The molecule has 0 aromatic heterocycles. The van der Waals surface area contributed by atoms with Crippen LogP contribution in [-0.2, 0) is 20.7 Å². The molecule has 2 rings (SSSR count). The third kappa shape index (κ3) is 3.58. The highest BCUT2D eigenvalue weighted by Gasteiger charge is 2.39. The molecule has 1 aromatic rings. The number of carbonyl (C=O) groups excluding carboxylic acids is 1. The van der Waals surface area contributed by atoms with Gasteiger partial charge < -0.3 is 14.6 Å². The Hall–Kier alpha value is -1.50. The van der Waals surface area contributed by atoms with Crippen LogP contribution in [0.4, 0.5) is 0 Å². The molecule has 114 valence electrons. The Labute approximate surface area is 129 Å². The van der Waals surface area contributed by atoms with Crippen LogP contribution in [0.25, 0.3) is 0 Å². The molecule has 1 aromatic carbocycles. The summed E-state index contributed by atoms with van der Waals surface area (Å²) in [7, 11) is 1.39. The van der Waals surface area contributed by atoms with Crippen LogP contribution in [-0.4, -0.2) is 53.1 Å². The largest absolute Gasteiger partial charge is 0.468 e. The van der Waals surface area contributed by atoms with E-state index in [1.165, 1.54) is 18.9 Å². The van der Waals surface area contributed by atoms with E-state index in [-0.39, 0.29) is 17.1 Å². The number of thiocarbonyl (C=S) groups is 1. The minimum Gasteiger partial charge on any atom is -0.468 e. The van der Waals surface area contributed by atoms with Crippen molar-refractivity contribution in [3.8, 4) is 0 Å². The van der Waals surface area contributed by atoms with Gasteiger partial charge in [0.1, 0.15) is 6.61 Å². The van der Waals surface area contributed by atoms with Crippen molar-refractivity contribution < 1.29 is 19.4 Å². The highest BCUT2D eigenvalue weighted by Crippen LogP contribution is 2.20. The van der Waals surface area contributed by atoms with E-state index in [4.69, 9.17) is 21.7 Å². The molecule has 1 heterocycles. The molecule has 0 spiro atoms. The van der Waals surface area contributed by atoms with Gasteiger partial charge in [-0.25, -0.2) is 0 Å². The zero-order chi connectivity index (χ0) is 15.4. The summed E-state index contributed by atoms with van der Waals surface area (Å²) in [6.07, 6.45) is -1.21. The van der Waals surface area contributed by atoms with E-state index in [0.29, 0.717) is 13.0 Å². The number of hydrogen-bond acceptors (Lipinski definition) is 5. The van der Waals surface area contributed by atoms with Crippen molar-refractivity contribution in [1.82, 2.24) is 4.90 Å². The first-order valence-corrected chi connectivity index (χ1v) is 7.20. The lowest BCUT2D eigenvalue weighted by atomic mass is 10.1. The van der Waals surface area contributed by atoms with E-state index in [2.05, 4.69) is 0 Å². The number of aliphatic hydroxyl groups is 1. The van der Waals surface area contributed by atoms with E-state index in [1.54, 1.807) is 0 Å². The summed E-state index contributed by atoms with van der Waals surface area (Å²) in [6.45, 7) is 1.87. The summed E-state index contributed by atoms with van der Waals surface area (Å²) in [5, 5.41) is 9.79. The predicted molar refractivity (Wildman–Crippen MR) is 81.8 cm³/mol. The smallest absolute Gasteiger partial charge is 0.266 e. The number of carbonyl (C=O) groups is 1. The molecule has 0 saturated carbocycles. The van der Waals surface area contributed by atoms with Gasteiger partial charge in [0.25, 0.3) is 11.1 Å². The molecule has 21 heavy (non-hydrogen) atoms. The summed E-state index contributed by atoms with van der Waals surface area (Å²) in [6, 6.07) is 9.64. The quantitative estimate of drug-likeness (QED) is 0.827. The minimum absolute atomic E-state index is 0.142. The highest BCUT2D eigenvalue weighted by molar-refractivity contribution is 7.80. The molecule has 0 bridgehead atoms. The van der Waals surface area contributed by atoms with Gasteiger partial charge in [0.05, 0.1) is 12.1 Å². The third-order valence-corrected chi connectivity index (χ3v) is 3.76. The van der Waals surface area contributed by atoms with Gasteiger partial charge in [0.15, 0.2) is 6.10 Å². The zero-order valence-electron chi connectivity index (χ0n) is 12.1. The molecule has 1 fully saturated rings. The topological polar surface area (TPSA) is 59.0 Å². The first-order valence-electron chi connectivity index (χ1n) is 6.79. The van der Waals surface area contributed by atoms with Crippen molar-refractivity contribution in [3.63, 3.8) is 0 Å². The Morgan fingerprint density at radius 1 is 1.52 bits per heavy atom. The Morgan fingerprint density at radius 2 is 2.19 bits per heavy atom. The van der Waals surface area contributed by atoms with Crippen LogP contribution in [0.1, 0.15) is 12.5 Å². The molecule has 3 atom stereocenters. The molecule has 6 heteroatoms. The van der Waals surface area contributed by atoms with Gasteiger partial charge in [-0.2, -0.15) is 0 Å². The summed E-state index contributed by atoms with van der Waals surface area (Å²) >= 11 is 5.11. The molecule has 1 aliphatic rings. The van der Waals surface area contributed by atoms with Crippen molar-refractivity contribution in [2.24, 2.45) is 0 Å². The van der Waals surface area contributed by atoms with E-state index < -0.39 is 12.2 Å². The zero-order valence-corrected chi connectivity index (χ0v) is 12.9. The lowest BCUT2D eigenvalue weighted by molar-refractivity contribution is -0.144. The van der Waals surface area contributed by atoms with Gasteiger partial charge in [-0.1, -0.05) is 30.3 Å². The van der Waals surface area contributed by atoms with Gasteiger partial charge in [-0.3, -0.25) is 9.69 Å². The summed E-state index contributed by atoms with van der Waals surface area (Å²) in [5.41, 5.74) is 1.10. The second kappa shape index (κ2) is 6.98. The van der Waals surface area contributed by atoms with Crippen LogP contribution in [0, 0.1) is 0 Å². The molecule has 0 unspecified atom stereocenters. The highest BCUT2D eigenvalue weighted by atomic mass is 32.1. The van der Waals surface area contributed by atoms with Gasteiger partial charge in [0, 0.05) is 7.11 Å². The maximum absolute atomic E-state index is 12.5. The Kier molecular flexibility index (Phi) is 5.27. The number of aliphatic hydroxyl groups excluding tert-OH is 1. The number of methoxy groups -OCH3 is 1. The van der Waals surface area contributed by atoms with Crippen molar-refractivity contribution in [3.05, 3.63) is 35.9 Å². The monoisotopic (exact) mass is 309 g/mol. The van der Waals surface area contributed by atoms with E-state index in [1.807, 2.05) is 30.3 Å². The minimum atomic E-state index is -0.942. The van der Waals surface area contributed by atoms with Crippen LogP contribution in [0.2, 0.25) is 0 Å². The normalized spacial score (nSPS) is 21.0. The summed E-state index contributed by atoms with van der Waals surface area (Å²) < 4.78 is 10.4. The van der Waals surface area contributed by atoms with Gasteiger partial charge in [-0.05, 0) is 31.1 Å². The predicted octanol–water partition coefficient (Wildman–Crippen LogP) is 1.14. The summed E-state index contributed by atoms with van der Waals surface area (Å²) in [4.78, 5) is 13.9. The van der Waals surface area contributed by atoms with E-state index in [0.717, 1.165) is 5.56 Å². The molecule has 0 aliphatic carbocycles. The molecular weight excluding hydrogens is 290 g/mol. The number of rotatable bonds is 5. The standard InChI is InChI=1S/C15H19NO4S/c1-10(17)13(19-2)14(18)16-12(9-20-15(16)21)8-11-6-4-3-5-7-11/h3-7,10,12-13,17H,8-9H2,1-2H3/t10-,12-,13-/m0/s1. The maximum Gasteiger partial charge on any atom is 0.266 e. The van der Waals surface area contributed by atoms with Crippen LogP contribution >= 0.6 is 12.2 Å². The average molecular weight is 309 g/mol. The van der Waals surface area contributed by atoms with Gasteiger partial charge >= 0.3 is 0 Å². The molecular formula is C15H19NO4S. The number of ether oxygens (including phenoxy) is 2. The fourth-order valence-corrected chi connectivity index (χ4v) is 2.72. The van der Waals surface area contributed by atoms with Gasteiger partial charge in [0.2, 0.25) is 0 Å². The first kappa shape index (κ1) is 15.9. The van der Waals surface area contributed by atoms with Crippen LogP contribution in [0.15, 0.2) is 30.3 Å². The van der Waals surface area contributed by atoms with Crippen LogP contribution < -0.4 is 0 Å². The van der Waals surface area contributed by atoms with E-state index >= 15 is 0 Å². The van der Waals surface area contributed by atoms with Crippen molar-refractivity contribution in [1.29, 1.82) is 0 Å².